The molecule has 2 N–H and O–H groups in total. The third kappa shape index (κ3) is 3.13. The number of nitrogens with one attached hydrogen (secondary N) is 2. The maximum Gasteiger partial charge on any atom is 0.236 e. The highest BCUT2D eigenvalue weighted by Gasteiger charge is 2.17. The van der Waals surface area contributed by atoms with Crippen LogP contribution in [0.3, 0.4) is 0 Å². The molecule has 1 aliphatic rings. The zero-order valence-corrected chi connectivity index (χ0v) is 9.50. The van der Waals surface area contributed by atoms with Gasteiger partial charge in [0.05, 0.1) is 6.20 Å². The van der Waals surface area contributed by atoms with Gasteiger partial charge in [0.1, 0.15) is 18.0 Å². The van der Waals surface area contributed by atoms with E-state index in [2.05, 4.69) is 15.6 Å². The summed E-state index contributed by atoms with van der Waals surface area (Å²) in [6, 6.07) is 1.78. The van der Waals surface area contributed by atoms with Crippen LogP contribution in [0.25, 0.3) is 0 Å². The molecule has 1 aromatic heterocycles. The summed E-state index contributed by atoms with van der Waals surface area (Å²) >= 11 is 0. The lowest BCUT2D eigenvalue weighted by Gasteiger charge is -2.27. The van der Waals surface area contributed by atoms with Crippen molar-refractivity contribution in [2.45, 2.75) is 19.4 Å². The first-order chi connectivity index (χ1) is 8.15. The molecule has 1 aromatic rings. The van der Waals surface area contributed by atoms with Crippen molar-refractivity contribution >= 4 is 11.6 Å². The first kappa shape index (κ1) is 11.8. The lowest BCUT2D eigenvalue weighted by Crippen LogP contribution is -2.46. The third-order valence-electron chi connectivity index (χ3n) is 2.50. The first-order valence-corrected chi connectivity index (χ1v) is 5.44. The van der Waals surface area contributed by atoms with E-state index in [9.17, 15) is 9.18 Å². The standard InChI is InChI=1S/C11H14FN3O2/c1-7(16)15-10-4-9(5-14-11(10)12)17-6-8-2-3-13-8/h4-5,8,13H,2-3,6H2,1H3,(H,15,16). The van der Waals surface area contributed by atoms with Gasteiger partial charge >= 0.3 is 0 Å². The summed E-state index contributed by atoms with van der Waals surface area (Å²) in [6.45, 7) is 2.84. The van der Waals surface area contributed by atoms with Crippen LogP contribution in [0.15, 0.2) is 12.3 Å². The predicted octanol–water partition coefficient (Wildman–Crippen LogP) is 0.920. The van der Waals surface area contributed by atoms with Gasteiger partial charge in [0.15, 0.2) is 0 Å². The van der Waals surface area contributed by atoms with Crippen molar-refractivity contribution in [1.29, 1.82) is 0 Å². The van der Waals surface area contributed by atoms with Crippen LogP contribution < -0.4 is 15.4 Å². The molecule has 0 bridgehead atoms. The summed E-state index contributed by atoms with van der Waals surface area (Å²) in [5, 5.41) is 5.54. The third-order valence-corrected chi connectivity index (χ3v) is 2.50. The van der Waals surface area contributed by atoms with Gasteiger partial charge in [0.2, 0.25) is 11.9 Å². The largest absolute Gasteiger partial charge is 0.490 e. The summed E-state index contributed by atoms with van der Waals surface area (Å²) in [6.07, 6.45) is 2.38. The van der Waals surface area contributed by atoms with Gasteiger partial charge < -0.3 is 15.4 Å². The topological polar surface area (TPSA) is 63.2 Å². The van der Waals surface area contributed by atoms with E-state index in [-0.39, 0.29) is 11.6 Å². The van der Waals surface area contributed by atoms with E-state index in [1.54, 1.807) is 0 Å². The lowest BCUT2D eigenvalue weighted by atomic mass is 10.1. The summed E-state index contributed by atoms with van der Waals surface area (Å²) < 4.78 is 18.7. The van der Waals surface area contributed by atoms with Crippen LogP contribution in [0.4, 0.5) is 10.1 Å². The van der Waals surface area contributed by atoms with E-state index in [1.165, 1.54) is 19.2 Å². The fraction of sp³-hybridized carbons (Fsp3) is 0.455. The number of halogens is 1. The van der Waals surface area contributed by atoms with Crippen LogP contribution >= 0.6 is 0 Å². The van der Waals surface area contributed by atoms with Crippen molar-refractivity contribution < 1.29 is 13.9 Å². The molecule has 1 aliphatic heterocycles. The number of nitrogens with zero attached hydrogens (tertiary/aromatic N) is 1. The maximum atomic E-state index is 13.2. The molecule has 17 heavy (non-hydrogen) atoms. The number of carbonyl (C=O) groups is 1. The summed E-state index contributed by atoms with van der Waals surface area (Å²) in [7, 11) is 0. The molecule has 5 nitrogen and oxygen atoms in total. The van der Waals surface area contributed by atoms with Gasteiger partial charge in [-0.3, -0.25) is 4.79 Å². The molecule has 6 heteroatoms. The van der Waals surface area contributed by atoms with E-state index in [4.69, 9.17) is 4.74 Å². The molecule has 0 aliphatic carbocycles. The number of carbonyl (C=O) groups excluding carboxylic acids is 1. The molecule has 0 saturated carbocycles. The van der Waals surface area contributed by atoms with Crippen molar-refractivity contribution in [1.82, 2.24) is 10.3 Å². The maximum absolute atomic E-state index is 13.2. The van der Waals surface area contributed by atoms with Gasteiger partial charge in [-0.1, -0.05) is 0 Å². The van der Waals surface area contributed by atoms with Crippen molar-refractivity contribution in [3.8, 4) is 5.75 Å². The predicted molar refractivity (Wildman–Crippen MR) is 60.4 cm³/mol. The molecule has 0 spiro atoms. The van der Waals surface area contributed by atoms with E-state index in [0.29, 0.717) is 18.4 Å². The Morgan fingerprint density at radius 3 is 3.12 bits per heavy atom. The monoisotopic (exact) mass is 239 g/mol. The van der Waals surface area contributed by atoms with E-state index >= 15 is 0 Å². The molecule has 1 unspecified atom stereocenters. The SMILES string of the molecule is CC(=O)Nc1cc(OCC2CCN2)cnc1F. The molecule has 1 amide bonds. The summed E-state index contributed by atoms with van der Waals surface area (Å²) in [5.41, 5.74) is 0.0385. The van der Waals surface area contributed by atoms with Gasteiger partial charge in [-0.15, -0.1) is 0 Å². The number of hydrogen-bond donors (Lipinski definition) is 2. The highest BCUT2D eigenvalue weighted by molar-refractivity contribution is 5.88. The normalized spacial score (nSPS) is 18.4. The Balaban J connectivity index is 1.99. The molecule has 2 heterocycles. The molecular weight excluding hydrogens is 225 g/mol. The minimum Gasteiger partial charge on any atom is -0.490 e. The van der Waals surface area contributed by atoms with Crippen LogP contribution in [0.5, 0.6) is 5.75 Å². The Kier molecular flexibility index (Phi) is 3.53. The number of pyridine rings is 1. The van der Waals surface area contributed by atoms with Crippen LogP contribution in [0.1, 0.15) is 13.3 Å². The van der Waals surface area contributed by atoms with Crippen LogP contribution in [0.2, 0.25) is 0 Å². The zero-order valence-electron chi connectivity index (χ0n) is 9.50. The van der Waals surface area contributed by atoms with Gasteiger partial charge in [-0.2, -0.15) is 4.39 Å². The van der Waals surface area contributed by atoms with Gasteiger partial charge in [-0.25, -0.2) is 4.98 Å². The molecule has 1 fully saturated rings. The number of hydrogen-bond acceptors (Lipinski definition) is 4. The highest BCUT2D eigenvalue weighted by atomic mass is 19.1. The lowest BCUT2D eigenvalue weighted by molar-refractivity contribution is -0.114. The molecule has 0 aromatic carbocycles. The minimum atomic E-state index is -0.714. The van der Waals surface area contributed by atoms with Crippen LogP contribution in [-0.2, 0) is 4.79 Å². The number of rotatable bonds is 4. The van der Waals surface area contributed by atoms with Gasteiger partial charge in [0, 0.05) is 19.0 Å². The van der Waals surface area contributed by atoms with Crippen LogP contribution in [0, 0.1) is 5.95 Å². The molecule has 2 rings (SSSR count). The fourth-order valence-corrected chi connectivity index (χ4v) is 1.47. The Hall–Kier alpha value is -1.69. The average Bonchev–Trinajstić information content (AvgIpc) is 2.19. The Morgan fingerprint density at radius 1 is 1.76 bits per heavy atom. The highest BCUT2D eigenvalue weighted by Crippen LogP contribution is 2.19. The van der Waals surface area contributed by atoms with Crippen molar-refractivity contribution in [2.24, 2.45) is 0 Å². The Morgan fingerprint density at radius 2 is 2.53 bits per heavy atom. The summed E-state index contributed by atoms with van der Waals surface area (Å²) in [5.74, 6) is -0.610. The Bertz CT molecular complexity index is 421. The molecular formula is C11H14FN3O2. The Labute approximate surface area is 98.4 Å². The van der Waals surface area contributed by atoms with E-state index in [0.717, 1.165) is 13.0 Å². The number of anilines is 1. The molecule has 92 valence electrons. The molecule has 1 saturated heterocycles. The number of ether oxygens (including phenoxy) is 1. The zero-order chi connectivity index (χ0) is 12.3. The fourth-order valence-electron chi connectivity index (χ4n) is 1.47. The second-order valence-corrected chi connectivity index (χ2v) is 3.94. The minimum absolute atomic E-state index is 0.0385. The van der Waals surface area contributed by atoms with Crippen molar-refractivity contribution in [2.75, 3.05) is 18.5 Å². The quantitative estimate of drug-likeness (QED) is 0.767. The van der Waals surface area contributed by atoms with E-state index < -0.39 is 5.95 Å². The molecule has 0 radical (unpaired) electrons. The smallest absolute Gasteiger partial charge is 0.236 e. The van der Waals surface area contributed by atoms with Gasteiger partial charge in [0.25, 0.3) is 0 Å². The molecule has 1 atom stereocenters. The van der Waals surface area contributed by atoms with Crippen LogP contribution in [-0.4, -0.2) is 30.1 Å². The first-order valence-electron chi connectivity index (χ1n) is 5.44. The van der Waals surface area contributed by atoms with Crippen molar-refractivity contribution in [3.63, 3.8) is 0 Å². The number of amides is 1. The van der Waals surface area contributed by atoms with Gasteiger partial charge in [-0.05, 0) is 13.0 Å². The number of aromatic nitrogens is 1. The summed E-state index contributed by atoms with van der Waals surface area (Å²) in [4.78, 5) is 14.4. The second kappa shape index (κ2) is 5.09. The van der Waals surface area contributed by atoms with Crippen molar-refractivity contribution in [3.05, 3.63) is 18.2 Å². The average molecular weight is 239 g/mol. The second-order valence-electron chi connectivity index (χ2n) is 3.94. The van der Waals surface area contributed by atoms with E-state index in [1.807, 2.05) is 0 Å².